The lowest BCUT2D eigenvalue weighted by molar-refractivity contribution is -0.119. The van der Waals surface area contributed by atoms with Crippen LogP contribution in [0.25, 0.3) is 0 Å². The maximum atomic E-state index is 12.9. The first-order valence-corrected chi connectivity index (χ1v) is 5.00. The second kappa shape index (κ2) is 4.57. The Morgan fingerprint density at radius 2 is 2.19 bits per heavy atom. The number of anilines is 1. The molecule has 0 saturated carbocycles. The molecule has 0 aliphatic carbocycles. The van der Waals surface area contributed by atoms with Crippen LogP contribution in [0.4, 0.5) is 14.5 Å². The first kappa shape index (κ1) is 11.0. The van der Waals surface area contributed by atoms with E-state index in [1.807, 2.05) is 0 Å². The highest BCUT2D eigenvalue weighted by atomic mass is 19.2. The summed E-state index contributed by atoms with van der Waals surface area (Å²) in [5.74, 6) is -2.32. The van der Waals surface area contributed by atoms with Gasteiger partial charge < -0.3 is 10.1 Å². The second-order valence-electron chi connectivity index (χ2n) is 3.68. The van der Waals surface area contributed by atoms with Gasteiger partial charge in [-0.3, -0.25) is 4.79 Å². The molecule has 1 aliphatic heterocycles. The molecule has 1 aromatic carbocycles. The number of benzene rings is 1. The molecule has 2 rings (SSSR count). The highest BCUT2D eigenvalue weighted by Crippen LogP contribution is 2.17. The molecule has 1 amide bonds. The molecule has 5 heteroatoms. The molecule has 1 fully saturated rings. The summed E-state index contributed by atoms with van der Waals surface area (Å²) in [6.07, 6.45) is 0.662. The van der Waals surface area contributed by atoms with Crippen LogP contribution in [0.5, 0.6) is 0 Å². The number of carbonyl (C=O) groups excluding carboxylic acids is 1. The molecular weight excluding hydrogens is 216 g/mol. The summed E-state index contributed by atoms with van der Waals surface area (Å²) in [5.41, 5.74) is 0.260. The molecule has 0 spiro atoms. The van der Waals surface area contributed by atoms with Crippen LogP contribution in [-0.4, -0.2) is 19.1 Å². The molecule has 1 saturated heterocycles. The summed E-state index contributed by atoms with van der Waals surface area (Å²) in [6.45, 7) is 0.950. The van der Waals surface area contributed by atoms with Crippen molar-refractivity contribution in [2.45, 2.75) is 6.42 Å². The lowest BCUT2D eigenvalue weighted by Crippen LogP contribution is -2.22. The monoisotopic (exact) mass is 227 g/mol. The van der Waals surface area contributed by atoms with Crippen LogP contribution < -0.4 is 5.32 Å². The molecule has 1 aromatic rings. The molecular formula is C11H11F2NO2. The predicted molar refractivity (Wildman–Crippen MR) is 53.9 cm³/mol. The minimum absolute atomic E-state index is 0.201. The minimum atomic E-state index is -0.972. The van der Waals surface area contributed by atoms with E-state index in [1.54, 1.807) is 0 Å². The predicted octanol–water partition coefficient (Wildman–Crippen LogP) is 1.94. The average Bonchev–Trinajstić information content (AvgIpc) is 2.77. The summed E-state index contributed by atoms with van der Waals surface area (Å²) < 4.78 is 30.5. The quantitative estimate of drug-likeness (QED) is 0.838. The fourth-order valence-electron chi connectivity index (χ4n) is 1.56. The Hall–Kier alpha value is -1.49. The van der Waals surface area contributed by atoms with Crippen LogP contribution in [0.3, 0.4) is 0 Å². The first-order valence-electron chi connectivity index (χ1n) is 5.00. The van der Waals surface area contributed by atoms with Gasteiger partial charge in [-0.1, -0.05) is 0 Å². The third-order valence-corrected chi connectivity index (χ3v) is 2.49. The van der Waals surface area contributed by atoms with E-state index >= 15 is 0 Å². The highest BCUT2D eigenvalue weighted by Gasteiger charge is 2.23. The van der Waals surface area contributed by atoms with Crippen molar-refractivity contribution >= 4 is 11.6 Å². The Kier molecular flexibility index (Phi) is 3.14. The average molecular weight is 227 g/mol. The number of ether oxygens (including phenoxy) is 1. The first-order chi connectivity index (χ1) is 7.66. The Labute approximate surface area is 91.4 Å². The molecule has 1 heterocycles. The normalized spacial score (nSPS) is 19.8. The van der Waals surface area contributed by atoms with Crippen molar-refractivity contribution in [2.75, 3.05) is 18.5 Å². The van der Waals surface area contributed by atoms with Gasteiger partial charge in [-0.05, 0) is 18.6 Å². The van der Waals surface area contributed by atoms with Crippen molar-refractivity contribution in [3.63, 3.8) is 0 Å². The summed E-state index contributed by atoms with van der Waals surface area (Å²) in [4.78, 5) is 11.6. The van der Waals surface area contributed by atoms with Gasteiger partial charge in [0.05, 0.1) is 12.5 Å². The van der Waals surface area contributed by atoms with E-state index < -0.39 is 11.6 Å². The Morgan fingerprint density at radius 3 is 2.81 bits per heavy atom. The molecule has 1 aliphatic rings. The molecule has 1 N–H and O–H groups in total. The van der Waals surface area contributed by atoms with E-state index in [1.165, 1.54) is 6.07 Å². The van der Waals surface area contributed by atoms with E-state index in [4.69, 9.17) is 4.74 Å². The number of rotatable bonds is 2. The topological polar surface area (TPSA) is 38.3 Å². The SMILES string of the molecule is O=C(Nc1ccc(F)c(F)c1)C1CCOC1. The smallest absolute Gasteiger partial charge is 0.229 e. The number of carbonyl (C=O) groups is 1. The van der Waals surface area contributed by atoms with Gasteiger partial charge in [-0.15, -0.1) is 0 Å². The van der Waals surface area contributed by atoms with Crippen LogP contribution in [0, 0.1) is 17.6 Å². The number of halogens is 2. The Morgan fingerprint density at radius 1 is 1.38 bits per heavy atom. The van der Waals surface area contributed by atoms with Crippen molar-refractivity contribution in [3.05, 3.63) is 29.8 Å². The van der Waals surface area contributed by atoms with Gasteiger partial charge in [0.15, 0.2) is 11.6 Å². The van der Waals surface area contributed by atoms with Crippen molar-refractivity contribution in [3.8, 4) is 0 Å². The van der Waals surface area contributed by atoms with E-state index in [0.717, 1.165) is 12.1 Å². The van der Waals surface area contributed by atoms with Gasteiger partial charge >= 0.3 is 0 Å². The molecule has 0 bridgehead atoms. The third-order valence-electron chi connectivity index (χ3n) is 2.49. The molecule has 0 aromatic heterocycles. The second-order valence-corrected chi connectivity index (χ2v) is 3.68. The number of hydrogen-bond acceptors (Lipinski definition) is 2. The fourth-order valence-corrected chi connectivity index (χ4v) is 1.56. The highest BCUT2D eigenvalue weighted by molar-refractivity contribution is 5.92. The van der Waals surface area contributed by atoms with Crippen molar-refractivity contribution < 1.29 is 18.3 Å². The van der Waals surface area contributed by atoms with E-state index in [-0.39, 0.29) is 17.5 Å². The Balaban J connectivity index is 2.02. The molecule has 86 valence electrons. The van der Waals surface area contributed by atoms with Crippen LogP contribution in [0.15, 0.2) is 18.2 Å². The van der Waals surface area contributed by atoms with E-state index in [2.05, 4.69) is 5.32 Å². The number of hydrogen-bond donors (Lipinski definition) is 1. The van der Waals surface area contributed by atoms with Crippen LogP contribution in [0.2, 0.25) is 0 Å². The van der Waals surface area contributed by atoms with Gasteiger partial charge in [0.2, 0.25) is 5.91 Å². The molecule has 1 atom stereocenters. The van der Waals surface area contributed by atoms with Gasteiger partial charge in [-0.2, -0.15) is 0 Å². The van der Waals surface area contributed by atoms with Crippen molar-refractivity contribution in [1.82, 2.24) is 0 Å². The molecule has 1 unspecified atom stereocenters. The number of amides is 1. The lowest BCUT2D eigenvalue weighted by Gasteiger charge is -2.09. The zero-order valence-corrected chi connectivity index (χ0v) is 8.50. The van der Waals surface area contributed by atoms with Gasteiger partial charge in [0.25, 0.3) is 0 Å². The van der Waals surface area contributed by atoms with Gasteiger partial charge in [0.1, 0.15) is 0 Å². The molecule has 3 nitrogen and oxygen atoms in total. The largest absolute Gasteiger partial charge is 0.381 e. The maximum absolute atomic E-state index is 12.9. The molecule has 16 heavy (non-hydrogen) atoms. The van der Waals surface area contributed by atoms with Crippen molar-refractivity contribution in [1.29, 1.82) is 0 Å². The van der Waals surface area contributed by atoms with Crippen LogP contribution in [0.1, 0.15) is 6.42 Å². The summed E-state index contributed by atoms with van der Waals surface area (Å²) in [6, 6.07) is 3.27. The van der Waals surface area contributed by atoms with Crippen LogP contribution >= 0.6 is 0 Å². The summed E-state index contributed by atoms with van der Waals surface area (Å²) in [7, 11) is 0. The van der Waals surface area contributed by atoms with Gasteiger partial charge in [0, 0.05) is 18.4 Å². The third kappa shape index (κ3) is 2.36. The minimum Gasteiger partial charge on any atom is -0.381 e. The Bertz CT molecular complexity index is 403. The summed E-state index contributed by atoms with van der Waals surface area (Å²) >= 11 is 0. The lowest BCUT2D eigenvalue weighted by atomic mass is 10.1. The van der Waals surface area contributed by atoms with E-state index in [9.17, 15) is 13.6 Å². The van der Waals surface area contributed by atoms with Crippen molar-refractivity contribution in [2.24, 2.45) is 5.92 Å². The standard InChI is InChI=1S/C11H11F2NO2/c12-9-2-1-8(5-10(9)13)14-11(15)7-3-4-16-6-7/h1-2,5,7H,3-4,6H2,(H,14,15). The van der Waals surface area contributed by atoms with Gasteiger partial charge in [-0.25, -0.2) is 8.78 Å². The summed E-state index contributed by atoms with van der Waals surface area (Å²) in [5, 5.41) is 2.53. The van der Waals surface area contributed by atoms with E-state index in [0.29, 0.717) is 19.6 Å². The fraction of sp³-hybridized carbons (Fsp3) is 0.364. The zero-order valence-electron chi connectivity index (χ0n) is 8.50. The zero-order chi connectivity index (χ0) is 11.5. The molecule has 0 radical (unpaired) electrons. The van der Waals surface area contributed by atoms with Crippen LogP contribution in [-0.2, 0) is 9.53 Å². The maximum Gasteiger partial charge on any atom is 0.229 e. The number of nitrogens with one attached hydrogen (secondary N) is 1.